The molecule has 0 saturated carbocycles. The fraction of sp³-hybridized carbons (Fsp3) is 0.429. The van der Waals surface area contributed by atoms with E-state index in [1.54, 1.807) is 0 Å². The number of nitrogens with one attached hydrogen (secondary N) is 2. The molecular weight excluding hydrogens is 158 g/mol. The van der Waals surface area contributed by atoms with E-state index < -0.39 is 19.0 Å². The van der Waals surface area contributed by atoms with E-state index in [1.807, 2.05) is 5.32 Å². The Hall–Kier alpha value is -1.36. The van der Waals surface area contributed by atoms with Gasteiger partial charge < -0.3 is 15.4 Å². The number of H-pyrrole nitrogens is 1. The third-order valence-corrected chi connectivity index (χ3v) is 1.45. The summed E-state index contributed by atoms with van der Waals surface area (Å²) in [6, 6.07) is -1.15. The van der Waals surface area contributed by atoms with E-state index in [0.717, 1.165) is 0 Å². The molecule has 0 aromatic carbocycles. The van der Waals surface area contributed by atoms with E-state index in [2.05, 4.69) is 9.97 Å². The highest BCUT2D eigenvalue weighted by molar-refractivity contribution is 5.73. The van der Waals surface area contributed by atoms with Gasteiger partial charge in [0.1, 0.15) is 6.04 Å². The fourth-order valence-corrected chi connectivity index (χ4v) is 0.816. The summed E-state index contributed by atoms with van der Waals surface area (Å²) >= 11 is 0. The average molecular weight is 172 g/mol. The number of nitrogens with zero attached hydrogens (tertiary/aromatic N) is 1. The SMILES string of the molecule is [2H]C([2H])([2H])N[C@@H](Cc1cnc[nH]1)C(=O)O. The van der Waals surface area contributed by atoms with Crippen molar-refractivity contribution in [2.45, 2.75) is 12.5 Å². The molecule has 3 N–H and O–H groups in total. The summed E-state index contributed by atoms with van der Waals surface area (Å²) in [6.45, 7) is -2.47. The molecular formula is C7H11N3O2. The van der Waals surface area contributed by atoms with Crippen LogP contribution in [0.1, 0.15) is 9.81 Å². The van der Waals surface area contributed by atoms with E-state index in [9.17, 15) is 4.79 Å². The molecule has 0 aliphatic heterocycles. The van der Waals surface area contributed by atoms with Crippen LogP contribution in [0.4, 0.5) is 0 Å². The standard InChI is InChI=1S/C7H11N3O2/c1-8-6(7(11)12)2-5-3-9-4-10-5/h3-4,6,8H,2H2,1H3,(H,9,10)(H,11,12)/t6-/m0/s1/i1D3. The van der Waals surface area contributed by atoms with Crippen LogP contribution in [0, 0.1) is 0 Å². The van der Waals surface area contributed by atoms with Crippen LogP contribution in [0.2, 0.25) is 0 Å². The monoisotopic (exact) mass is 172 g/mol. The zero-order chi connectivity index (χ0) is 11.5. The van der Waals surface area contributed by atoms with Crippen LogP contribution < -0.4 is 5.32 Å². The van der Waals surface area contributed by atoms with Crippen molar-refractivity contribution in [3.8, 4) is 0 Å². The third kappa shape index (κ3) is 2.06. The minimum Gasteiger partial charge on any atom is -0.480 e. The predicted molar refractivity (Wildman–Crippen MR) is 42.8 cm³/mol. The average Bonchev–Trinajstić information content (AvgIpc) is 2.52. The molecule has 0 bridgehead atoms. The van der Waals surface area contributed by atoms with Crippen molar-refractivity contribution in [2.24, 2.45) is 0 Å². The van der Waals surface area contributed by atoms with Crippen molar-refractivity contribution in [1.82, 2.24) is 15.3 Å². The molecule has 0 unspecified atom stereocenters. The number of aromatic nitrogens is 2. The Labute approximate surface area is 74.0 Å². The number of carboxylic acid groups (broad SMARTS) is 1. The lowest BCUT2D eigenvalue weighted by Gasteiger charge is -2.08. The van der Waals surface area contributed by atoms with E-state index in [0.29, 0.717) is 5.69 Å². The molecule has 66 valence electrons. The summed E-state index contributed by atoms with van der Waals surface area (Å²) < 4.78 is 20.8. The van der Waals surface area contributed by atoms with Crippen LogP contribution in [0.15, 0.2) is 12.5 Å². The van der Waals surface area contributed by atoms with Gasteiger partial charge in [0.25, 0.3) is 0 Å². The number of aromatic amines is 1. The van der Waals surface area contributed by atoms with Gasteiger partial charge in [0.2, 0.25) is 0 Å². The number of rotatable bonds is 4. The highest BCUT2D eigenvalue weighted by atomic mass is 16.4. The molecule has 0 fully saturated rings. The highest BCUT2D eigenvalue weighted by Gasteiger charge is 2.15. The van der Waals surface area contributed by atoms with Crippen LogP contribution in [0.5, 0.6) is 0 Å². The van der Waals surface area contributed by atoms with Crippen LogP contribution >= 0.6 is 0 Å². The van der Waals surface area contributed by atoms with Crippen molar-refractivity contribution in [3.63, 3.8) is 0 Å². The molecule has 0 amide bonds. The Morgan fingerprint density at radius 1 is 2.08 bits per heavy atom. The Balaban J connectivity index is 2.63. The van der Waals surface area contributed by atoms with Gasteiger partial charge in [-0.1, -0.05) is 0 Å². The van der Waals surface area contributed by atoms with Gasteiger partial charge in [-0.05, 0) is 6.98 Å². The summed E-state index contributed by atoms with van der Waals surface area (Å²) in [6.07, 6.45) is 2.91. The predicted octanol–water partition coefficient (Wildman–Crippen LogP) is -0.375. The number of hydrogen-bond acceptors (Lipinski definition) is 3. The summed E-state index contributed by atoms with van der Waals surface area (Å²) in [4.78, 5) is 17.2. The van der Waals surface area contributed by atoms with Gasteiger partial charge in [0.05, 0.1) is 6.33 Å². The minimum atomic E-state index is -2.47. The Bertz CT molecular complexity index is 323. The first-order valence-electron chi connectivity index (χ1n) is 4.86. The van der Waals surface area contributed by atoms with Crippen molar-refractivity contribution in [1.29, 1.82) is 0 Å². The Kier molecular flexibility index (Phi) is 1.71. The maximum atomic E-state index is 10.8. The number of hydrogen-bond donors (Lipinski definition) is 3. The van der Waals surface area contributed by atoms with Gasteiger partial charge in [-0.15, -0.1) is 0 Å². The van der Waals surface area contributed by atoms with E-state index in [1.165, 1.54) is 12.5 Å². The van der Waals surface area contributed by atoms with Gasteiger partial charge in [0.15, 0.2) is 0 Å². The summed E-state index contributed by atoms with van der Waals surface area (Å²) in [5.74, 6) is -1.21. The molecule has 0 aliphatic rings. The first-order chi connectivity index (χ1) is 6.88. The van der Waals surface area contributed by atoms with Gasteiger partial charge in [-0.3, -0.25) is 4.79 Å². The van der Waals surface area contributed by atoms with Crippen LogP contribution in [0.25, 0.3) is 0 Å². The van der Waals surface area contributed by atoms with Gasteiger partial charge >= 0.3 is 5.97 Å². The molecule has 1 atom stereocenters. The van der Waals surface area contributed by atoms with Crippen LogP contribution in [-0.4, -0.2) is 34.1 Å². The maximum Gasteiger partial charge on any atom is 0.321 e. The van der Waals surface area contributed by atoms with E-state index in [4.69, 9.17) is 9.22 Å². The molecule has 5 nitrogen and oxygen atoms in total. The molecule has 0 saturated heterocycles. The number of imidazole rings is 1. The highest BCUT2D eigenvalue weighted by Crippen LogP contribution is 1.97. The van der Waals surface area contributed by atoms with Gasteiger partial charge in [-0.2, -0.15) is 0 Å². The third-order valence-electron chi connectivity index (χ3n) is 1.45. The molecule has 1 heterocycles. The fourth-order valence-electron chi connectivity index (χ4n) is 0.816. The second-order valence-corrected chi connectivity index (χ2v) is 2.32. The molecule has 1 aromatic rings. The summed E-state index contributed by atoms with van der Waals surface area (Å²) in [7, 11) is 0. The zero-order valence-electron chi connectivity index (χ0n) is 9.24. The molecule has 1 rings (SSSR count). The maximum absolute atomic E-state index is 10.8. The topological polar surface area (TPSA) is 78.0 Å². The molecule has 12 heavy (non-hydrogen) atoms. The van der Waals surface area contributed by atoms with E-state index >= 15 is 0 Å². The lowest BCUT2D eigenvalue weighted by molar-refractivity contribution is -0.139. The number of aliphatic carboxylic acids is 1. The first kappa shape index (κ1) is 5.31. The summed E-state index contributed by atoms with van der Waals surface area (Å²) in [5, 5.41) is 10.8. The zero-order valence-corrected chi connectivity index (χ0v) is 6.24. The Morgan fingerprint density at radius 3 is 3.42 bits per heavy atom. The number of carbonyl (C=O) groups is 1. The second-order valence-electron chi connectivity index (χ2n) is 2.32. The molecule has 5 heteroatoms. The van der Waals surface area contributed by atoms with Crippen LogP contribution in [-0.2, 0) is 11.2 Å². The summed E-state index contributed by atoms with van der Waals surface area (Å²) in [5.41, 5.74) is 0.569. The second kappa shape index (κ2) is 3.87. The van der Waals surface area contributed by atoms with Gasteiger partial charge in [-0.25, -0.2) is 4.98 Å². The van der Waals surface area contributed by atoms with Gasteiger partial charge in [0, 0.05) is 22.4 Å². The first-order valence-corrected chi connectivity index (χ1v) is 3.36. The quantitative estimate of drug-likeness (QED) is 0.578. The van der Waals surface area contributed by atoms with E-state index in [-0.39, 0.29) is 6.42 Å². The number of likely N-dealkylation sites (N-methyl/N-ethyl adjacent to an activating group) is 1. The molecule has 0 radical (unpaired) electrons. The van der Waals surface area contributed by atoms with Crippen molar-refractivity contribution >= 4 is 5.97 Å². The minimum absolute atomic E-state index is 0.0493. The lowest BCUT2D eigenvalue weighted by atomic mass is 10.2. The smallest absolute Gasteiger partial charge is 0.321 e. The largest absolute Gasteiger partial charge is 0.480 e. The molecule has 1 aromatic heterocycles. The lowest BCUT2D eigenvalue weighted by Crippen LogP contribution is -2.35. The molecule has 0 aliphatic carbocycles. The van der Waals surface area contributed by atoms with Crippen molar-refractivity contribution < 1.29 is 14.0 Å². The van der Waals surface area contributed by atoms with Crippen LogP contribution in [0.3, 0.4) is 0 Å². The number of carboxylic acids is 1. The normalized spacial score (nSPS) is 17.5. The molecule has 0 spiro atoms. The van der Waals surface area contributed by atoms with Crippen molar-refractivity contribution in [3.05, 3.63) is 18.2 Å². The van der Waals surface area contributed by atoms with Crippen molar-refractivity contribution in [2.75, 3.05) is 6.98 Å². The Morgan fingerprint density at radius 2 is 2.92 bits per heavy atom.